The maximum atomic E-state index is 11.8. The van der Waals surface area contributed by atoms with Gasteiger partial charge in [0.1, 0.15) is 0 Å². The van der Waals surface area contributed by atoms with E-state index in [0.29, 0.717) is 6.42 Å². The smallest absolute Gasteiger partial charge is 0.220 e. The number of amides is 1. The van der Waals surface area contributed by atoms with Gasteiger partial charge in [-0.1, -0.05) is 95.0 Å². The molecule has 0 bridgehead atoms. The third kappa shape index (κ3) is 14.4. The van der Waals surface area contributed by atoms with Crippen LogP contribution in [0.1, 0.15) is 96.0 Å². The van der Waals surface area contributed by atoms with Gasteiger partial charge in [-0.2, -0.15) is 0 Å². The molecule has 0 spiro atoms. The Hall–Kier alpha value is -1.35. The number of carbonyl (C=O) groups excluding carboxylic acids is 1. The Labute approximate surface area is 167 Å². The number of carbonyl (C=O) groups is 1. The average Bonchev–Trinajstić information content (AvgIpc) is 2.68. The zero-order valence-electron chi connectivity index (χ0n) is 17.4. The fourth-order valence-corrected chi connectivity index (χ4v) is 3.40. The second kappa shape index (κ2) is 16.8. The summed E-state index contributed by atoms with van der Waals surface area (Å²) in [6.07, 6.45) is 15.2. The van der Waals surface area contributed by atoms with Crippen molar-refractivity contribution in [3.63, 3.8) is 0 Å². The number of rotatable bonds is 17. The summed E-state index contributed by atoms with van der Waals surface area (Å²) >= 11 is 0. The first-order valence-electron chi connectivity index (χ1n) is 11.2. The molecule has 1 amide bonds. The van der Waals surface area contributed by atoms with Crippen LogP contribution < -0.4 is 5.32 Å². The zero-order chi connectivity index (χ0) is 19.6. The predicted molar refractivity (Wildman–Crippen MR) is 115 cm³/mol. The Morgan fingerprint density at radius 3 is 2.15 bits per heavy atom. The van der Waals surface area contributed by atoms with Crippen molar-refractivity contribution in [2.75, 3.05) is 6.54 Å². The minimum absolute atomic E-state index is 0.109. The molecule has 1 rings (SSSR count). The van der Waals surface area contributed by atoms with E-state index in [4.69, 9.17) is 0 Å². The van der Waals surface area contributed by atoms with Gasteiger partial charge in [0.15, 0.2) is 0 Å². The van der Waals surface area contributed by atoms with Crippen LogP contribution in [-0.4, -0.2) is 23.7 Å². The summed E-state index contributed by atoms with van der Waals surface area (Å²) in [4.78, 5) is 11.8. The normalized spacial score (nSPS) is 12.1. The molecule has 27 heavy (non-hydrogen) atoms. The molecule has 3 nitrogen and oxygen atoms in total. The molecule has 0 aliphatic rings. The molecule has 1 atom stereocenters. The summed E-state index contributed by atoms with van der Waals surface area (Å²) in [5.74, 6) is 0.171. The molecule has 0 aliphatic carbocycles. The van der Waals surface area contributed by atoms with Gasteiger partial charge in [-0.25, -0.2) is 0 Å². The highest BCUT2D eigenvalue weighted by Crippen LogP contribution is 2.13. The third-order valence-electron chi connectivity index (χ3n) is 5.16. The lowest BCUT2D eigenvalue weighted by atomic mass is 10.0. The van der Waals surface area contributed by atoms with Gasteiger partial charge in [-0.3, -0.25) is 4.79 Å². The van der Waals surface area contributed by atoms with Gasteiger partial charge in [-0.05, 0) is 31.2 Å². The minimum atomic E-state index is -0.109. The Bertz CT molecular complexity index is 461. The van der Waals surface area contributed by atoms with Gasteiger partial charge in [0.25, 0.3) is 0 Å². The molecule has 1 aromatic rings. The summed E-state index contributed by atoms with van der Waals surface area (Å²) < 4.78 is 0. The van der Waals surface area contributed by atoms with Crippen LogP contribution >= 0.6 is 0 Å². The Morgan fingerprint density at radius 2 is 1.48 bits per heavy atom. The van der Waals surface area contributed by atoms with Gasteiger partial charge < -0.3 is 10.4 Å². The summed E-state index contributed by atoms with van der Waals surface area (Å²) in [5.41, 5.74) is 1.26. The Kier molecular flexibility index (Phi) is 14.7. The van der Waals surface area contributed by atoms with Crippen LogP contribution in [-0.2, 0) is 11.2 Å². The molecule has 0 heterocycles. The molecule has 154 valence electrons. The van der Waals surface area contributed by atoms with Crippen LogP contribution in [0.25, 0.3) is 0 Å². The van der Waals surface area contributed by atoms with Gasteiger partial charge in [0.2, 0.25) is 5.91 Å². The number of unbranched alkanes of at least 4 members (excludes halogenated alkanes) is 8. The first-order chi connectivity index (χ1) is 13.2. The van der Waals surface area contributed by atoms with E-state index in [-0.39, 0.29) is 12.0 Å². The largest absolute Gasteiger partial charge is 0.393 e. The fourth-order valence-electron chi connectivity index (χ4n) is 3.40. The SMILES string of the molecule is CCCCCCCC(O)CCCCCCCC(=O)NCCc1ccccc1. The molecule has 0 saturated heterocycles. The lowest BCUT2D eigenvalue weighted by molar-refractivity contribution is -0.121. The molecular formula is C24H41NO2. The molecule has 0 fully saturated rings. The molecule has 0 saturated carbocycles. The van der Waals surface area contributed by atoms with E-state index in [9.17, 15) is 9.90 Å². The van der Waals surface area contributed by atoms with Crippen molar-refractivity contribution >= 4 is 5.91 Å². The van der Waals surface area contributed by atoms with Gasteiger partial charge in [-0.15, -0.1) is 0 Å². The second-order valence-electron chi connectivity index (χ2n) is 7.75. The molecule has 0 aliphatic heterocycles. The van der Waals surface area contributed by atoms with E-state index >= 15 is 0 Å². The van der Waals surface area contributed by atoms with E-state index in [1.807, 2.05) is 18.2 Å². The van der Waals surface area contributed by atoms with Crippen LogP contribution in [0.4, 0.5) is 0 Å². The van der Waals surface area contributed by atoms with Crippen molar-refractivity contribution in [1.82, 2.24) is 5.32 Å². The summed E-state index contributed by atoms with van der Waals surface area (Å²) in [5, 5.41) is 13.0. The highest BCUT2D eigenvalue weighted by atomic mass is 16.3. The van der Waals surface area contributed by atoms with E-state index < -0.39 is 0 Å². The van der Waals surface area contributed by atoms with Gasteiger partial charge in [0, 0.05) is 13.0 Å². The summed E-state index contributed by atoms with van der Waals surface area (Å²) in [7, 11) is 0. The molecule has 0 aromatic heterocycles. The molecule has 0 radical (unpaired) electrons. The van der Waals surface area contributed by atoms with Crippen molar-refractivity contribution < 1.29 is 9.90 Å². The van der Waals surface area contributed by atoms with Gasteiger partial charge >= 0.3 is 0 Å². The summed E-state index contributed by atoms with van der Waals surface area (Å²) in [6.45, 7) is 2.95. The Balaban J connectivity index is 1.85. The van der Waals surface area contributed by atoms with Crippen LogP contribution in [0.2, 0.25) is 0 Å². The third-order valence-corrected chi connectivity index (χ3v) is 5.16. The first kappa shape index (κ1) is 23.7. The van der Waals surface area contributed by atoms with Crippen LogP contribution in [0.3, 0.4) is 0 Å². The van der Waals surface area contributed by atoms with E-state index in [0.717, 1.165) is 45.1 Å². The lowest BCUT2D eigenvalue weighted by Gasteiger charge is -2.10. The van der Waals surface area contributed by atoms with Crippen LogP contribution in [0, 0.1) is 0 Å². The number of aliphatic hydroxyl groups is 1. The quantitative estimate of drug-likeness (QED) is 0.338. The van der Waals surface area contributed by atoms with Crippen molar-refractivity contribution in [2.24, 2.45) is 0 Å². The molecule has 1 unspecified atom stereocenters. The van der Waals surface area contributed by atoms with Crippen molar-refractivity contribution in [3.8, 4) is 0 Å². The predicted octanol–water partition coefficient (Wildman–Crippen LogP) is 5.80. The van der Waals surface area contributed by atoms with Crippen molar-refractivity contribution in [1.29, 1.82) is 0 Å². The number of hydrogen-bond donors (Lipinski definition) is 2. The van der Waals surface area contributed by atoms with E-state index in [2.05, 4.69) is 24.4 Å². The number of hydrogen-bond acceptors (Lipinski definition) is 2. The van der Waals surface area contributed by atoms with Gasteiger partial charge in [0.05, 0.1) is 6.10 Å². The highest BCUT2D eigenvalue weighted by molar-refractivity contribution is 5.75. The highest BCUT2D eigenvalue weighted by Gasteiger charge is 2.04. The second-order valence-corrected chi connectivity index (χ2v) is 7.75. The minimum Gasteiger partial charge on any atom is -0.393 e. The first-order valence-corrected chi connectivity index (χ1v) is 11.2. The maximum absolute atomic E-state index is 11.8. The number of aliphatic hydroxyl groups excluding tert-OH is 1. The summed E-state index contributed by atoms with van der Waals surface area (Å²) in [6, 6.07) is 10.3. The van der Waals surface area contributed by atoms with Crippen molar-refractivity contribution in [3.05, 3.63) is 35.9 Å². The number of nitrogens with one attached hydrogen (secondary N) is 1. The fraction of sp³-hybridized carbons (Fsp3) is 0.708. The van der Waals surface area contributed by atoms with E-state index in [1.165, 1.54) is 50.5 Å². The van der Waals surface area contributed by atoms with Crippen LogP contribution in [0.5, 0.6) is 0 Å². The maximum Gasteiger partial charge on any atom is 0.220 e. The molecular weight excluding hydrogens is 334 g/mol. The molecule has 1 aromatic carbocycles. The zero-order valence-corrected chi connectivity index (χ0v) is 17.4. The van der Waals surface area contributed by atoms with Crippen molar-refractivity contribution in [2.45, 2.75) is 103 Å². The van der Waals surface area contributed by atoms with E-state index in [1.54, 1.807) is 0 Å². The standard InChI is InChI=1S/C24H41NO2/c1-2-3-4-6-12-17-23(26)18-13-7-5-8-14-19-24(27)25-21-20-22-15-10-9-11-16-22/h9-11,15-16,23,26H,2-8,12-14,17-21H2,1H3,(H,25,27). The Morgan fingerprint density at radius 1 is 0.889 bits per heavy atom. The van der Waals surface area contributed by atoms with Crippen LogP contribution in [0.15, 0.2) is 30.3 Å². The lowest BCUT2D eigenvalue weighted by Crippen LogP contribution is -2.25. The average molecular weight is 376 g/mol. The monoisotopic (exact) mass is 375 g/mol. The number of benzene rings is 1. The molecule has 3 heteroatoms. The topological polar surface area (TPSA) is 49.3 Å². The molecule has 2 N–H and O–H groups in total.